The number of halogens is 3. The molecule has 182 valence electrons. The number of aromatic amines is 1. The highest BCUT2D eigenvalue weighted by molar-refractivity contribution is 6.08. The maximum atomic E-state index is 13.2. The molecule has 1 aliphatic heterocycles. The highest BCUT2D eigenvalue weighted by Gasteiger charge is 2.35. The van der Waals surface area contributed by atoms with Gasteiger partial charge in [-0.05, 0) is 29.7 Å². The van der Waals surface area contributed by atoms with Crippen LogP contribution in [0.3, 0.4) is 0 Å². The Balaban J connectivity index is 1.45. The van der Waals surface area contributed by atoms with Crippen LogP contribution in [0.4, 0.5) is 36.3 Å². The van der Waals surface area contributed by atoms with Crippen molar-refractivity contribution in [3.8, 4) is 0 Å². The van der Waals surface area contributed by atoms with E-state index in [1.165, 1.54) is 12.1 Å². The van der Waals surface area contributed by atoms with Gasteiger partial charge in [0.2, 0.25) is 17.8 Å². The van der Waals surface area contributed by atoms with E-state index in [9.17, 15) is 27.6 Å². The molecule has 0 saturated carbocycles. The Kier molecular flexibility index (Phi) is 5.67. The van der Waals surface area contributed by atoms with Crippen molar-refractivity contribution in [3.05, 3.63) is 88.2 Å². The largest absolute Gasteiger partial charge is 0.416 e. The zero-order valence-corrected chi connectivity index (χ0v) is 18.4. The fraction of sp³-hybridized carbons (Fsp3) is 0.120. The number of alkyl halides is 3. The monoisotopic (exact) mass is 493 g/mol. The highest BCUT2D eigenvalue weighted by Crippen LogP contribution is 2.33. The number of amides is 2. The summed E-state index contributed by atoms with van der Waals surface area (Å²) in [5.41, 5.74) is -1.07. The van der Waals surface area contributed by atoms with Crippen molar-refractivity contribution in [2.75, 3.05) is 16.0 Å². The topological polar surface area (TPSA) is 116 Å². The lowest BCUT2D eigenvalue weighted by Gasteiger charge is -2.24. The average Bonchev–Trinajstić information content (AvgIpc) is 2.83. The van der Waals surface area contributed by atoms with Gasteiger partial charge in [0.1, 0.15) is 5.82 Å². The lowest BCUT2D eigenvalue weighted by atomic mass is 9.92. The summed E-state index contributed by atoms with van der Waals surface area (Å²) >= 11 is 0. The van der Waals surface area contributed by atoms with Crippen molar-refractivity contribution in [1.29, 1.82) is 0 Å². The fourth-order valence-electron chi connectivity index (χ4n) is 4.12. The number of benzene rings is 3. The van der Waals surface area contributed by atoms with E-state index in [1.807, 2.05) is 30.3 Å². The van der Waals surface area contributed by atoms with Crippen LogP contribution in [0.1, 0.15) is 23.5 Å². The summed E-state index contributed by atoms with van der Waals surface area (Å²) in [4.78, 5) is 45.1. The lowest BCUT2D eigenvalue weighted by Crippen LogP contribution is -2.36. The Morgan fingerprint density at radius 3 is 2.56 bits per heavy atom. The number of H-pyrrole nitrogens is 1. The molecule has 1 aromatic heterocycles. The van der Waals surface area contributed by atoms with E-state index >= 15 is 0 Å². The Hall–Kier alpha value is -4.67. The van der Waals surface area contributed by atoms with E-state index in [0.717, 1.165) is 22.9 Å². The van der Waals surface area contributed by atoms with Crippen molar-refractivity contribution in [3.63, 3.8) is 0 Å². The number of nitrogens with zero attached hydrogens (tertiary/aromatic N) is 1. The van der Waals surface area contributed by atoms with E-state index in [2.05, 4.69) is 25.9 Å². The van der Waals surface area contributed by atoms with Crippen molar-refractivity contribution in [2.24, 2.45) is 0 Å². The fourth-order valence-corrected chi connectivity index (χ4v) is 4.12. The zero-order chi connectivity index (χ0) is 25.4. The summed E-state index contributed by atoms with van der Waals surface area (Å²) in [7, 11) is 0. The number of anilines is 4. The lowest BCUT2D eigenvalue weighted by molar-refractivity contribution is -0.137. The molecule has 2 amide bonds. The molecule has 4 aromatic rings. The van der Waals surface area contributed by atoms with Gasteiger partial charge < -0.3 is 16.0 Å². The van der Waals surface area contributed by atoms with E-state index in [0.29, 0.717) is 5.69 Å². The molecule has 5 rings (SSSR count). The van der Waals surface area contributed by atoms with Gasteiger partial charge in [-0.2, -0.15) is 18.2 Å². The molecule has 0 bridgehead atoms. The molecule has 0 radical (unpaired) electrons. The van der Waals surface area contributed by atoms with Crippen molar-refractivity contribution in [1.82, 2.24) is 9.97 Å². The molecular formula is C25H18F3N5O3. The Morgan fingerprint density at radius 1 is 1.00 bits per heavy atom. The third kappa shape index (κ3) is 4.50. The van der Waals surface area contributed by atoms with Crippen LogP contribution < -0.4 is 21.5 Å². The zero-order valence-electron chi connectivity index (χ0n) is 18.4. The van der Waals surface area contributed by atoms with E-state index in [4.69, 9.17) is 0 Å². The maximum Gasteiger partial charge on any atom is 0.416 e. The SMILES string of the molecule is O=C1C[C@H](C(=O)Nc2cccc3ccccc23)c2c(nc(Nc3cccc(C(F)(F)F)c3)[nH]c2=O)N1. The second kappa shape index (κ2) is 8.84. The molecule has 0 spiro atoms. The van der Waals surface area contributed by atoms with Crippen LogP contribution in [0, 0.1) is 0 Å². The van der Waals surface area contributed by atoms with Gasteiger partial charge in [-0.25, -0.2) is 0 Å². The molecular weight excluding hydrogens is 475 g/mol. The molecule has 11 heteroatoms. The van der Waals surface area contributed by atoms with Gasteiger partial charge in [0.05, 0.1) is 17.0 Å². The third-order valence-electron chi connectivity index (χ3n) is 5.77. The van der Waals surface area contributed by atoms with Gasteiger partial charge in [0.15, 0.2) is 0 Å². The Morgan fingerprint density at radius 2 is 1.75 bits per heavy atom. The van der Waals surface area contributed by atoms with Gasteiger partial charge in [-0.3, -0.25) is 19.4 Å². The molecule has 8 nitrogen and oxygen atoms in total. The van der Waals surface area contributed by atoms with E-state index < -0.39 is 35.0 Å². The molecule has 2 heterocycles. The number of aromatic nitrogens is 2. The summed E-state index contributed by atoms with van der Waals surface area (Å²) in [5, 5.41) is 9.57. The van der Waals surface area contributed by atoms with Gasteiger partial charge in [-0.1, -0.05) is 42.5 Å². The molecule has 1 aliphatic rings. The highest BCUT2D eigenvalue weighted by atomic mass is 19.4. The van der Waals surface area contributed by atoms with Crippen molar-refractivity contribution >= 4 is 45.7 Å². The van der Waals surface area contributed by atoms with Gasteiger partial charge in [0.25, 0.3) is 5.56 Å². The number of carbonyl (C=O) groups excluding carboxylic acids is 2. The molecule has 0 aliphatic carbocycles. The second-order valence-electron chi connectivity index (χ2n) is 8.20. The Bertz CT molecular complexity index is 1560. The predicted molar refractivity (Wildman–Crippen MR) is 128 cm³/mol. The second-order valence-corrected chi connectivity index (χ2v) is 8.20. The maximum absolute atomic E-state index is 13.2. The van der Waals surface area contributed by atoms with Crippen LogP contribution >= 0.6 is 0 Å². The van der Waals surface area contributed by atoms with Crippen LogP contribution in [-0.2, 0) is 15.8 Å². The van der Waals surface area contributed by atoms with Crippen LogP contribution in [0.25, 0.3) is 10.8 Å². The normalized spacial score (nSPS) is 15.2. The molecule has 0 fully saturated rings. The van der Waals surface area contributed by atoms with E-state index in [-0.39, 0.29) is 29.4 Å². The minimum atomic E-state index is -4.55. The van der Waals surface area contributed by atoms with Crippen LogP contribution in [0.15, 0.2) is 71.5 Å². The molecule has 0 saturated heterocycles. The number of hydrogen-bond acceptors (Lipinski definition) is 5. The minimum absolute atomic E-state index is 0.0281. The predicted octanol–water partition coefficient (Wildman–Crippen LogP) is 4.75. The summed E-state index contributed by atoms with van der Waals surface area (Å²) in [5.74, 6) is -2.53. The first-order chi connectivity index (χ1) is 17.2. The van der Waals surface area contributed by atoms with Gasteiger partial charge >= 0.3 is 6.18 Å². The minimum Gasteiger partial charge on any atom is -0.326 e. The molecule has 3 aromatic carbocycles. The third-order valence-corrected chi connectivity index (χ3v) is 5.77. The number of nitrogens with one attached hydrogen (secondary N) is 4. The number of carbonyl (C=O) groups is 2. The molecule has 0 unspecified atom stereocenters. The Labute approximate surface area is 201 Å². The van der Waals surface area contributed by atoms with Crippen LogP contribution in [0.2, 0.25) is 0 Å². The molecule has 36 heavy (non-hydrogen) atoms. The van der Waals surface area contributed by atoms with Crippen LogP contribution in [-0.4, -0.2) is 21.8 Å². The quantitative estimate of drug-likeness (QED) is 0.328. The number of fused-ring (bicyclic) bond motifs is 2. The number of rotatable bonds is 4. The van der Waals surface area contributed by atoms with E-state index in [1.54, 1.807) is 12.1 Å². The molecule has 4 N–H and O–H groups in total. The van der Waals surface area contributed by atoms with Crippen molar-refractivity contribution < 1.29 is 22.8 Å². The molecule has 1 atom stereocenters. The van der Waals surface area contributed by atoms with Gasteiger partial charge in [0, 0.05) is 23.2 Å². The van der Waals surface area contributed by atoms with Crippen molar-refractivity contribution in [2.45, 2.75) is 18.5 Å². The first-order valence-electron chi connectivity index (χ1n) is 10.9. The summed E-state index contributed by atoms with van der Waals surface area (Å²) in [6.45, 7) is 0. The van der Waals surface area contributed by atoms with Crippen LogP contribution in [0.5, 0.6) is 0 Å². The smallest absolute Gasteiger partial charge is 0.326 e. The average molecular weight is 493 g/mol. The van der Waals surface area contributed by atoms with Gasteiger partial charge in [-0.15, -0.1) is 0 Å². The number of hydrogen-bond donors (Lipinski definition) is 4. The summed E-state index contributed by atoms with van der Waals surface area (Å²) < 4.78 is 39.0. The summed E-state index contributed by atoms with van der Waals surface area (Å²) in [6.07, 6.45) is -4.82. The first-order valence-corrected chi connectivity index (χ1v) is 10.9. The standard InChI is InChI=1S/C25H18F3N5O3/c26-25(27,28)14-7-4-8-15(11-14)29-24-32-21-20(23(36)33-24)17(12-19(34)31-21)22(35)30-18-10-3-6-13-5-1-2-9-16(13)18/h1-11,17H,12H2,(H,30,35)(H3,29,31,32,33,34,36)/t17-/m0/s1. The summed E-state index contributed by atoms with van der Waals surface area (Å²) in [6, 6.07) is 17.2. The first kappa shape index (κ1) is 23.1.